The fraction of sp³-hybridized carbons (Fsp3) is 0.643. The maximum absolute atomic E-state index is 5.87. The molecular formula is C14H21BrN2O. The Bertz CT molecular complexity index is 380. The number of hydrogen-bond acceptors (Lipinski definition) is 3. The molecule has 0 bridgehead atoms. The summed E-state index contributed by atoms with van der Waals surface area (Å²) < 4.78 is 5.87. The van der Waals surface area contributed by atoms with Crippen molar-refractivity contribution in [2.45, 2.75) is 45.3 Å². The Balaban J connectivity index is 2.22. The minimum atomic E-state index is 0.181. The van der Waals surface area contributed by atoms with E-state index in [1.54, 1.807) is 0 Å². The Morgan fingerprint density at radius 2 is 2.28 bits per heavy atom. The fourth-order valence-electron chi connectivity index (χ4n) is 2.19. The van der Waals surface area contributed by atoms with Gasteiger partial charge in [0.05, 0.1) is 6.10 Å². The standard InChI is InChI=1S/C14H21BrN2O/c1-11(2)18-13-7-4-9-16-14(13)17(10-8-15)12-5-3-6-12/h4,7,9,11-12H,3,5-6,8,10H2,1-2H3. The number of hydrogen-bond donors (Lipinski definition) is 0. The number of aromatic nitrogens is 1. The molecule has 1 fully saturated rings. The van der Waals surface area contributed by atoms with Crippen LogP contribution in [0.5, 0.6) is 5.75 Å². The van der Waals surface area contributed by atoms with Crippen molar-refractivity contribution >= 4 is 21.7 Å². The average Bonchev–Trinajstić information content (AvgIpc) is 2.26. The van der Waals surface area contributed by atoms with E-state index in [1.807, 2.05) is 18.3 Å². The van der Waals surface area contributed by atoms with Crippen molar-refractivity contribution in [2.24, 2.45) is 0 Å². The molecule has 0 spiro atoms. The predicted molar refractivity (Wildman–Crippen MR) is 78.8 cm³/mol. The van der Waals surface area contributed by atoms with Gasteiger partial charge in [0.15, 0.2) is 11.6 Å². The Hall–Kier alpha value is -0.770. The van der Waals surface area contributed by atoms with Gasteiger partial charge in [-0.15, -0.1) is 0 Å². The summed E-state index contributed by atoms with van der Waals surface area (Å²) in [6.07, 6.45) is 5.90. The molecule has 1 aromatic heterocycles. The second-order valence-electron chi connectivity index (χ2n) is 4.96. The summed E-state index contributed by atoms with van der Waals surface area (Å²) in [7, 11) is 0. The van der Waals surface area contributed by atoms with E-state index >= 15 is 0 Å². The molecule has 0 atom stereocenters. The van der Waals surface area contributed by atoms with Crippen molar-refractivity contribution in [3.05, 3.63) is 18.3 Å². The third-order valence-corrected chi connectivity index (χ3v) is 3.58. The molecule has 0 saturated heterocycles. The van der Waals surface area contributed by atoms with Crippen LogP contribution in [-0.4, -0.2) is 29.0 Å². The van der Waals surface area contributed by atoms with E-state index < -0.39 is 0 Å². The molecule has 3 nitrogen and oxygen atoms in total. The maximum atomic E-state index is 5.87. The van der Waals surface area contributed by atoms with Gasteiger partial charge in [-0.05, 0) is 45.2 Å². The van der Waals surface area contributed by atoms with Crippen LogP contribution in [0.2, 0.25) is 0 Å². The zero-order valence-corrected chi connectivity index (χ0v) is 12.7. The van der Waals surface area contributed by atoms with Gasteiger partial charge in [0.2, 0.25) is 0 Å². The quantitative estimate of drug-likeness (QED) is 0.750. The van der Waals surface area contributed by atoms with Gasteiger partial charge in [0.25, 0.3) is 0 Å². The molecule has 2 rings (SSSR count). The van der Waals surface area contributed by atoms with Gasteiger partial charge >= 0.3 is 0 Å². The van der Waals surface area contributed by atoms with E-state index in [9.17, 15) is 0 Å². The number of alkyl halides is 1. The summed E-state index contributed by atoms with van der Waals surface area (Å²) in [5, 5.41) is 0.960. The molecule has 4 heteroatoms. The van der Waals surface area contributed by atoms with Crippen LogP contribution in [0.25, 0.3) is 0 Å². The highest BCUT2D eigenvalue weighted by Crippen LogP contribution is 2.34. The fourth-order valence-corrected chi connectivity index (χ4v) is 2.58. The second kappa shape index (κ2) is 6.41. The van der Waals surface area contributed by atoms with Crippen molar-refractivity contribution < 1.29 is 4.74 Å². The van der Waals surface area contributed by atoms with Crippen LogP contribution in [0.3, 0.4) is 0 Å². The minimum Gasteiger partial charge on any atom is -0.487 e. The molecule has 0 N–H and O–H groups in total. The van der Waals surface area contributed by atoms with Crippen molar-refractivity contribution in [2.75, 3.05) is 16.8 Å². The van der Waals surface area contributed by atoms with E-state index in [2.05, 4.69) is 39.7 Å². The Labute approximate surface area is 118 Å². The molecule has 0 aromatic carbocycles. The zero-order valence-electron chi connectivity index (χ0n) is 11.1. The van der Waals surface area contributed by atoms with Gasteiger partial charge in [-0.1, -0.05) is 15.9 Å². The van der Waals surface area contributed by atoms with Crippen molar-refractivity contribution in [3.8, 4) is 5.75 Å². The number of rotatable bonds is 6. The molecular weight excluding hydrogens is 292 g/mol. The first kappa shape index (κ1) is 13.7. The summed E-state index contributed by atoms with van der Waals surface area (Å²) in [5.74, 6) is 1.90. The summed E-state index contributed by atoms with van der Waals surface area (Å²) in [5.41, 5.74) is 0. The third-order valence-electron chi connectivity index (χ3n) is 3.23. The highest BCUT2D eigenvalue weighted by molar-refractivity contribution is 9.09. The van der Waals surface area contributed by atoms with Crippen LogP contribution in [0.1, 0.15) is 33.1 Å². The van der Waals surface area contributed by atoms with Crippen LogP contribution >= 0.6 is 15.9 Å². The van der Waals surface area contributed by atoms with Crippen LogP contribution < -0.4 is 9.64 Å². The number of anilines is 1. The summed E-state index contributed by atoms with van der Waals surface area (Å²) >= 11 is 3.53. The van der Waals surface area contributed by atoms with E-state index in [4.69, 9.17) is 4.74 Å². The van der Waals surface area contributed by atoms with E-state index in [0.29, 0.717) is 6.04 Å². The predicted octanol–water partition coefficient (Wildman–Crippen LogP) is 3.62. The minimum absolute atomic E-state index is 0.181. The Morgan fingerprint density at radius 1 is 1.50 bits per heavy atom. The van der Waals surface area contributed by atoms with Gasteiger partial charge in [-0.3, -0.25) is 0 Å². The normalized spacial score (nSPS) is 15.6. The molecule has 1 aromatic rings. The second-order valence-corrected chi connectivity index (χ2v) is 5.75. The summed E-state index contributed by atoms with van der Waals surface area (Å²) in [6, 6.07) is 4.59. The zero-order chi connectivity index (χ0) is 13.0. The highest BCUT2D eigenvalue weighted by atomic mass is 79.9. The van der Waals surface area contributed by atoms with Crippen molar-refractivity contribution in [1.29, 1.82) is 0 Å². The smallest absolute Gasteiger partial charge is 0.171 e. The largest absolute Gasteiger partial charge is 0.487 e. The molecule has 0 aliphatic heterocycles. The van der Waals surface area contributed by atoms with Gasteiger partial charge in [0, 0.05) is 24.1 Å². The lowest BCUT2D eigenvalue weighted by Gasteiger charge is -2.38. The molecule has 1 aliphatic carbocycles. The van der Waals surface area contributed by atoms with Crippen molar-refractivity contribution in [3.63, 3.8) is 0 Å². The molecule has 0 unspecified atom stereocenters. The molecule has 0 amide bonds. The first-order valence-corrected chi connectivity index (χ1v) is 7.78. The molecule has 1 saturated carbocycles. The lowest BCUT2D eigenvalue weighted by atomic mass is 9.91. The SMILES string of the molecule is CC(C)Oc1cccnc1N(CCBr)C1CCC1. The molecule has 1 aliphatic rings. The molecule has 0 radical (unpaired) electrons. The van der Waals surface area contributed by atoms with Gasteiger partial charge in [-0.25, -0.2) is 4.98 Å². The van der Waals surface area contributed by atoms with Crippen LogP contribution in [0.15, 0.2) is 18.3 Å². The van der Waals surface area contributed by atoms with Crippen LogP contribution in [0.4, 0.5) is 5.82 Å². The Morgan fingerprint density at radius 3 is 2.83 bits per heavy atom. The average molecular weight is 313 g/mol. The van der Waals surface area contributed by atoms with E-state index in [0.717, 1.165) is 23.4 Å². The summed E-state index contributed by atoms with van der Waals surface area (Å²) in [6.45, 7) is 5.08. The van der Waals surface area contributed by atoms with Crippen molar-refractivity contribution in [1.82, 2.24) is 4.98 Å². The van der Waals surface area contributed by atoms with Crippen LogP contribution in [-0.2, 0) is 0 Å². The highest BCUT2D eigenvalue weighted by Gasteiger charge is 2.27. The van der Waals surface area contributed by atoms with Gasteiger partial charge in [0.1, 0.15) is 0 Å². The number of nitrogens with zero attached hydrogens (tertiary/aromatic N) is 2. The monoisotopic (exact) mass is 312 g/mol. The lowest BCUT2D eigenvalue weighted by molar-refractivity contribution is 0.240. The van der Waals surface area contributed by atoms with Gasteiger partial charge in [-0.2, -0.15) is 0 Å². The topological polar surface area (TPSA) is 25.4 Å². The number of halogens is 1. The first-order chi connectivity index (χ1) is 8.72. The van der Waals surface area contributed by atoms with Gasteiger partial charge < -0.3 is 9.64 Å². The number of pyridine rings is 1. The summed E-state index contributed by atoms with van der Waals surface area (Å²) in [4.78, 5) is 6.92. The third kappa shape index (κ3) is 3.16. The van der Waals surface area contributed by atoms with E-state index in [1.165, 1.54) is 19.3 Å². The first-order valence-electron chi connectivity index (χ1n) is 6.66. The molecule has 100 valence electrons. The molecule has 18 heavy (non-hydrogen) atoms. The molecule has 1 heterocycles. The Kier molecular flexibility index (Phi) is 4.87. The lowest BCUT2D eigenvalue weighted by Crippen LogP contribution is -2.42. The maximum Gasteiger partial charge on any atom is 0.171 e. The van der Waals surface area contributed by atoms with Crippen LogP contribution in [0, 0.1) is 0 Å². The number of ether oxygens (including phenoxy) is 1. The van der Waals surface area contributed by atoms with E-state index in [-0.39, 0.29) is 6.10 Å².